The van der Waals surface area contributed by atoms with Crippen LogP contribution in [0.5, 0.6) is 5.75 Å². The highest BCUT2D eigenvalue weighted by atomic mass is 32.2. The van der Waals surface area contributed by atoms with E-state index in [1.807, 2.05) is 6.92 Å². The normalized spacial score (nSPS) is 25.0. The molecule has 188 valence electrons. The largest absolute Gasteiger partial charge is 0.489 e. The first kappa shape index (κ1) is 25.2. The lowest BCUT2D eigenvalue weighted by atomic mass is 9.91. The van der Waals surface area contributed by atoms with Crippen molar-refractivity contribution in [3.8, 4) is 5.75 Å². The van der Waals surface area contributed by atoms with Crippen molar-refractivity contribution < 1.29 is 17.9 Å². The molecule has 1 saturated heterocycles. The minimum absolute atomic E-state index is 0. The molecule has 3 atom stereocenters. The zero-order valence-electron chi connectivity index (χ0n) is 19.6. The lowest BCUT2D eigenvalue weighted by Crippen LogP contribution is -2.47. The summed E-state index contributed by atoms with van der Waals surface area (Å²) in [7, 11) is -3.42. The Morgan fingerprint density at radius 2 is 2.03 bits per heavy atom. The fourth-order valence-corrected chi connectivity index (χ4v) is 7.28. The highest BCUT2D eigenvalue weighted by Crippen LogP contribution is 2.38. The SMILES string of the molecule is C.CC1Cc2cc(S(=O)(=O)CC3CC3)cc(C(=O)NC(CC3=CCCCC3)C3CCCN3)c2O1. The van der Waals surface area contributed by atoms with Gasteiger partial charge in [0.1, 0.15) is 11.9 Å². The van der Waals surface area contributed by atoms with Gasteiger partial charge in [-0.05, 0) is 94.9 Å². The maximum Gasteiger partial charge on any atom is 0.255 e. The van der Waals surface area contributed by atoms with Gasteiger partial charge in [0.15, 0.2) is 9.84 Å². The van der Waals surface area contributed by atoms with Gasteiger partial charge in [0.2, 0.25) is 0 Å². The van der Waals surface area contributed by atoms with E-state index < -0.39 is 9.84 Å². The number of rotatable bonds is 8. The molecule has 2 heterocycles. The molecule has 0 radical (unpaired) electrons. The summed E-state index contributed by atoms with van der Waals surface area (Å²) >= 11 is 0. The van der Waals surface area contributed by atoms with Crippen LogP contribution in [0, 0.1) is 5.92 Å². The van der Waals surface area contributed by atoms with E-state index in [-0.39, 0.29) is 48.1 Å². The second-order valence-corrected chi connectivity index (χ2v) is 12.4. The minimum atomic E-state index is -3.42. The molecule has 3 unspecified atom stereocenters. The lowest BCUT2D eigenvalue weighted by Gasteiger charge is -2.27. The van der Waals surface area contributed by atoms with Crippen LogP contribution in [0.4, 0.5) is 0 Å². The number of carbonyl (C=O) groups is 1. The van der Waals surface area contributed by atoms with Gasteiger partial charge < -0.3 is 15.4 Å². The number of hydrogen-bond acceptors (Lipinski definition) is 5. The number of amides is 1. The molecule has 1 aromatic carbocycles. The molecule has 1 saturated carbocycles. The van der Waals surface area contributed by atoms with E-state index >= 15 is 0 Å². The maximum atomic E-state index is 13.6. The van der Waals surface area contributed by atoms with Crippen LogP contribution < -0.4 is 15.4 Å². The summed E-state index contributed by atoms with van der Waals surface area (Å²) in [5, 5.41) is 6.84. The van der Waals surface area contributed by atoms with Gasteiger partial charge in [-0.1, -0.05) is 19.1 Å². The molecule has 4 aliphatic rings. The van der Waals surface area contributed by atoms with Crippen LogP contribution in [0.15, 0.2) is 28.7 Å². The zero-order chi connectivity index (χ0) is 23.0. The van der Waals surface area contributed by atoms with Gasteiger partial charge in [-0.2, -0.15) is 0 Å². The monoisotopic (exact) mass is 488 g/mol. The first-order valence-electron chi connectivity index (χ1n) is 12.7. The van der Waals surface area contributed by atoms with Crippen LogP contribution in [0.2, 0.25) is 0 Å². The second-order valence-electron chi connectivity index (χ2n) is 10.4. The van der Waals surface area contributed by atoms with Gasteiger partial charge in [0.25, 0.3) is 5.91 Å². The van der Waals surface area contributed by atoms with Crippen LogP contribution in [0.1, 0.15) is 88.1 Å². The van der Waals surface area contributed by atoms with Crippen molar-refractivity contribution in [2.45, 2.75) is 102 Å². The number of hydrogen-bond donors (Lipinski definition) is 2. The molecule has 2 aliphatic heterocycles. The molecular weight excluding hydrogens is 448 g/mol. The van der Waals surface area contributed by atoms with Crippen LogP contribution in [0.3, 0.4) is 0 Å². The standard InChI is InChI=1S/C26H36N2O4S.CH4/c1-17-12-20-14-21(33(30,31)16-19-9-10-19)15-22(25(20)32-17)26(29)28-24(23-8-5-11-27-23)13-18-6-3-2-4-7-18;/h6,14-15,17,19,23-24,27H,2-5,7-13,16H2,1H3,(H,28,29);1H4. The number of sulfone groups is 1. The minimum Gasteiger partial charge on any atom is -0.489 e. The van der Waals surface area contributed by atoms with Gasteiger partial charge in [0.05, 0.1) is 16.2 Å². The number of nitrogens with one attached hydrogen (secondary N) is 2. The third-order valence-corrected chi connectivity index (χ3v) is 9.35. The van der Waals surface area contributed by atoms with Crippen LogP contribution in [-0.2, 0) is 16.3 Å². The molecule has 2 fully saturated rings. The Hall–Kier alpha value is -1.86. The van der Waals surface area contributed by atoms with Crippen molar-refractivity contribution in [2.75, 3.05) is 12.3 Å². The van der Waals surface area contributed by atoms with E-state index in [2.05, 4.69) is 16.7 Å². The van der Waals surface area contributed by atoms with Gasteiger partial charge in [-0.15, -0.1) is 0 Å². The average molecular weight is 489 g/mol. The predicted molar refractivity (Wildman–Crippen MR) is 135 cm³/mol. The summed E-state index contributed by atoms with van der Waals surface area (Å²) in [6, 6.07) is 3.52. The van der Waals surface area contributed by atoms with Crippen LogP contribution in [-0.4, -0.2) is 44.8 Å². The average Bonchev–Trinajstić information content (AvgIpc) is 3.26. The summed E-state index contributed by atoms with van der Waals surface area (Å²) in [6.45, 7) is 2.93. The van der Waals surface area contributed by atoms with Gasteiger partial charge >= 0.3 is 0 Å². The fourth-order valence-electron chi connectivity index (χ4n) is 5.51. The van der Waals surface area contributed by atoms with Crippen molar-refractivity contribution in [3.05, 3.63) is 34.9 Å². The molecule has 0 aromatic heterocycles. The van der Waals surface area contributed by atoms with Crippen LogP contribution >= 0.6 is 0 Å². The fraction of sp³-hybridized carbons (Fsp3) is 0.667. The number of fused-ring (bicyclic) bond motifs is 1. The summed E-state index contributed by atoms with van der Waals surface area (Å²) < 4.78 is 32.1. The first-order chi connectivity index (χ1) is 15.9. The highest BCUT2D eigenvalue weighted by Gasteiger charge is 2.34. The van der Waals surface area contributed by atoms with Crippen molar-refractivity contribution >= 4 is 15.7 Å². The summed E-state index contributed by atoms with van der Waals surface area (Å²) in [4.78, 5) is 13.9. The molecule has 6 nitrogen and oxygen atoms in total. The van der Waals surface area contributed by atoms with Crippen molar-refractivity contribution in [2.24, 2.45) is 5.92 Å². The molecule has 0 spiro atoms. The number of benzene rings is 1. The topological polar surface area (TPSA) is 84.5 Å². The summed E-state index contributed by atoms with van der Waals surface area (Å²) in [5.74, 6) is 0.767. The highest BCUT2D eigenvalue weighted by molar-refractivity contribution is 7.91. The molecule has 1 amide bonds. The van der Waals surface area contributed by atoms with E-state index in [4.69, 9.17) is 4.74 Å². The first-order valence-corrected chi connectivity index (χ1v) is 14.3. The molecule has 7 heteroatoms. The second kappa shape index (κ2) is 10.4. The summed E-state index contributed by atoms with van der Waals surface area (Å²) in [6.07, 6.45) is 12.5. The molecule has 34 heavy (non-hydrogen) atoms. The smallest absolute Gasteiger partial charge is 0.255 e. The third-order valence-electron chi connectivity index (χ3n) is 7.49. The summed E-state index contributed by atoms with van der Waals surface area (Å²) in [5.41, 5.74) is 2.62. The number of ether oxygens (including phenoxy) is 1. The van der Waals surface area contributed by atoms with E-state index in [1.54, 1.807) is 12.1 Å². The van der Waals surface area contributed by atoms with E-state index in [9.17, 15) is 13.2 Å². The molecular formula is C27H40N2O4S. The zero-order valence-corrected chi connectivity index (χ0v) is 20.4. The van der Waals surface area contributed by atoms with Crippen molar-refractivity contribution in [1.82, 2.24) is 10.6 Å². The molecule has 2 aliphatic carbocycles. The Morgan fingerprint density at radius 3 is 2.71 bits per heavy atom. The maximum absolute atomic E-state index is 13.6. The Morgan fingerprint density at radius 1 is 1.21 bits per heavy atom. The van der Waals surface area contributed by atoms with E-state index in [1.165, 1.54) is 18.4 Å². The van der Waals surface area contributed by atoms with E-state index in [0.717, 1.165) is 57.1 Å². The van der Waals surface area contributed by atoms with E-state index in [0.29, 0.717) is 17.7 Å². The predicted octanol–water partition coefficient (Wildman–Crippen LogP) is 4.57. The Balaban J connectivity index is 0.00000274. The Labute approximate surface area is 204 Å². The van der Waals surface area contributed by atoms with Crippen molar-refractivity contribution in [1.29, 1.82) is 0 Å². The molecule has 1 aromatic rings. The molecule has 5 rings (SSSR count). The van der Waals surface area contributed by atoms with Gasteiger partial charge in [0, 0.05) is 18.5 Å². The third kappa shape index (κ3) is 5.68. The Kier molecular flexibility index (Phi) is 7.72. The number of carbonyl (C=O) groups excluding carboxylic acids is 1. The molecule has 0 bridgehead atoms. The Bertz CT molecular complexity index is 1040. The van der Waals surface area contributed by atoms with Crippen LogP contribution in [0.25, 0.3) is 0 Å². The molecule has 2 N–H and O–H groups in total. The van der Waals surface area contributed by atoms with Crippen molar-refractivity contribution in [3.63, 3.8) is 0 Å². The quantitative estimate of drug-likeness (QED) is 0.524. The number of allylic oxidation sites excluding steroid dienone is 1. The van der Waals surface area contributed by atoms with Gasteiger partial charge in [-0.3, -0.25) is 4.79 Å². The lowest BCUT2D eigenvalue weighted by molar-refractivity contribution is 0.0923. The van der Waals surface area contributed by atoms with Gasteiger partial charge in [-0.25, -0.2) is 8.42 Å².